The van der Waals surface area contributed by atoms with Gasteiger partial charge in [-0.05, 0) is 56.2 Å². The van der Waals surface area contributed by atoms with Gasteiger partial charge in [0.15, 0.2) is 6.61 Å². The lowest BCUT2D eigenvalue weighted by Gasteiger charge is -2.29. The smallest absolute Gasteiger partial charge is 0.261 e. The molecule has 162 valence electrons. The Bertz CT molecular complexity index is 841. The van der Waals surface area contributed by atoms with Crippen molar-refractivity contribution in [1.29, 1.82) is 0 Å². The van der Waals surface area contributed by atoms with Gasteiger partial charge in [-0.15, -0.1) is 0 Å². The highest BCUT2D eigenvalue weighted by atomic mass is 35.5. The second-order valence-corrected chi connectivity index (χ2v) is 7.55. The quantitative estimate of drug-likeness (QED) is 0.614. The third-order valence-electron chi connectivity index (χ3n) is 4.84. The minimum absolute atomic E-state index is 0.0283. The fourth-order valence-electron chi connectivity index (χ4n) is 2.76. The number of halogens is 1. The summed E-state index contributed by atoms with van der Waals surface area (Å²) in [5.74, 6) is 0.729. The highest BCUT2D eigenvalue weighted by molar-refractivity contribution is 6.30. The van der Waals surface area contributed by atoms with Gasteiger partial charge in [0.2, 0.25) is 5.91 Å². The van der Waals surface area contributed by atoms with Crippen molar-refractivity contribution in [3.8, 4) is 11.5 Å². The summed E-state index contributed by atoms with van der Waals surface area (Å²) in [6, 6.07) is 13.6. The summed E-state index contributed by atoms with van der Waals surface area (Å²) in [5, 5.41) is 3.46. The standard InChI is InChI=1S/C23H29ClN2O4/c1-5-16(2)25-23(28)17(3)26(14-18-9-11-20(29-4)12-10-18)22(27)15-30-21-8-6-7-19(24)13-21/h6-13,16-17H,5,14-15H2,1-4H3,(H,25,28)/t16-,17+/m0/s1. The first-order chi connectivity index (χ1) is 14.3. The van der Waals surface area contributed by atoms with Crippen molar-refractivity contribution < 1.29 is 19.1 Å². The van der Waals surface area contributed by atoms with Crippen LogP contribution in [0.1, 0.15) is 32.8 Å². The minimum atomic E-state index is -0.656. The summed E-state index contributed by atoms with van der Waals surface area (Å²) in [5.41, 5.74) is 0.884. The van der Waals surface area contributed by atoms with Crippen LogP contribution in [0.5, 0.6) is 11.5 Å². The molecule has 0 aliphatic heterocycles. The maximum absolute atomic E-state index is 13.0. The molecule has 0 heterocycles. The van der Waals surface area contributed by atoms with E-state index in [2.05, 4.69) is 5.32 Å². The summed E-state index contributed by atoms with van der Waals surface area (Å²) in [6.45, 7) is 5.73. The Balaban J connectivity index is 2.15. The summed E-state index contributed by atoms with van der Waals surface area (Å²) >= 11 is 5.97. The predicted octanol–water partition coefficient (Wildman–Crippen LogP) is 4.06. The molecule has 2 aromatic rings. The fourth-order valence-corrected chi connectivity index (χ4v) is 2.94. The van der Waals surface area contributed by atoms with Crippen LogP contribution in [-0.4, -0.2) is 42.5 Å². The zero-order valence-corrected chi connectivity index (χ0v) is 18.6. The van der Waals surface area contributed by atoms with Crippen molar-refractivity contribution >= 4 is 23.4 Å². The van der Waals surface area contributed by atoms with Gasteiger partial charge < -0.3 is 19.7 Å². The fraction of sp³-hybridized carbons (Fsp3) is 0.391. The monoisotopic (exact) mass is 432 g/mol. The van der Waals surface area contributed by atoms with E-state index in [-0.39, 0.29) is 31.0 Å². The van der Waals surface area contributed by atoms with Crippen molar-refractivity contribution in [3.63, 3.8) is 0 Å². The van der Waals surface area contributed by atoms with Gasteiger partial charge in [-0.2, -0.15) is 0 Å². The zero-order chi connectivity index (χ0) is 22.1. The lowest BCUT2D eigenvalue weighted by atomic mass is 10.1. The number of nitrogens with zero attached hydrogens (tertiary/aromatic N) is 1. The van der Waals surface area contributed by atoms with Crippen LogP contribution >= 0.6 is 11.6 Å². The van der Waals surface area contributed by atoms with Gasteiger partial charge in [0.25, 0.3) is 5.91 Å². The van der Waals surface area contributed by atoms with Crippen LogP contribution in [-0.2, 0) is 16.1 Å². The van der Waals surface area contributed by atoms with Gasteiger partial charge in [0.1, 0.15) is 17.5 Å². The molecule has 2 amide bonds. The number of amides is 2. The first-order valence-corrected chi connectivity index (χ1v) is 10.3. The van der Waals surface area contributed by atoms with E-state index in [4.69, 9.17) is 21.1 Å². The molecule has 0 saturated carbocycles. The Labute approximate surface area is 183 Å². The highest BCUT2D eigenvalue weighted by Crippen LogP contribution is 2.18. The molecule has 0 fully saturated rings. The number of methoxy groups -OCH3 is 1. The number of nitrogens with one attached hydrogen (secondary N) is 1. The zero-order valence-electron chi connectivity index (χ0n) is 17.9. The molecule has 30 heavy (non-hydrogen) atoms. The number of rotatable bonds is 10. The van der Waals surface area contributed by atoms with E-state index in [1.807, 2.05) is 38.1 Å². The molecule has 7 heteroatoms. The van der Waals surface area contributed by atoms with E-state index in [1.165, 1.54) is 4.90 Å². The normalized spacial score (nSPS) is 12.6. The van der Waals surface area contributed by atoms with Crippen molar-refractivity contribution in [1.82, 2.24) is 10.2 Å². The summed E-state index contributed by atoms with van der Waals surface area (Å²) in [6.07, 6.45) is 0.808. The van der Waals surface area contributed by atoms with Crippen molar-refractivity contribution in [3.05, 3.63) is 59.1 Å². The lowest BCUT2D eigenvalue weighted by molar-refractivity contribution is -0.142. The topological polar surface area (TPSA) is 67.9 Å². The summed E-state index contributed by atoms with van der Waals surface area (Å²) < 4.78 is 10.8. The SMILES string of the molecule is CC[C@H](C)NC(=O)[C@@H](C)N(Cc1ccc(OC)cc1)C(=O)COc1cccc(Cl)c1. The molecule has 0 aliphatic carbocycles. The molecule has 2 atom stereocenters. The second kappa shape index (κ2) is 11.5. The number of benzene rings is 2. The van der Waals surface area contributed by atoms with Crippen LogP contribution in [0.2, 0.25) is 5.02 Å². The van der Waals surface area contributed by atoms with Gasteiger partial charge in [0, 0.05) is 17.6 Å². The van der Waals surface area contributed by atoms with Gasteiger partial charge in [0.05, 0.1) is 7.11 Å². The Hall–Kier alpha value is -2.73. The molecule has 0 unspecified atom stereocenters. The van der Waals surface area contributed by atoms with Crippen LogP contribution in [0, 0.1) is 0 Å². The van der Waals surface area contributed by atoms with Crippen LogP contribution in [0.3, 0.4) is 0 Å². The molecule has 0 aliphatic rings. The third kappa shape index (κ3) is 6.95. The molecule has 0 radical (unpaired) electrons. The van der Waals surface area contributed by atoms with E-state index in [0.717, 1.165) is 17.7 Å². The first kappa shape index (κ1) is 23.5. The van der Waals surface area contributed by atoms with Gasteiger partial charge in [-0.1, -0.05) is 36.7 Å². The van der Waals surface area contributed by atoms with Crippen molar-refractivity contribution in [2.24, 2.45) is 0 Å². The Morgan fingerprint density at radius 3 is 2.40 bits per heavy atom. The van der Waals surface area contributed by atoms with E-state index in [9.17, 15) is 9.59 Å². The number of hydrogen-bond acceptors (Lipinski definition) is 4. The van der Waals surface area contributed by atoms with Crippen molar-refractivity contribution in [2.75, 3.05) is 13.7 Å². The maximum atomic E-state index is 13.0. The number of ether oxygens (including phenoxy) is 2. The van der Waals surface area contributed by atoms with Crippen molar-refractivity contribution in [2.45, 2.75) is 45.8 Å². The number of hydrogen-bond donors (Lipinski definition) is 1. The molecule has 0 aromatic heterocycles. The molecule has 6 nitrogen and oxygen atoms in total. The molecular formula is C23H29ClN2O4. The third-order valence-corrected chi connectivity index (χ3v) is 5.07. The van der Waals surface area contributed by atoms with Gasteiger partial charge in [-0.3, -0.25) is 9.59 Å². The van der Waals surface area contributed by atoms with E-state index in [1.54, 1.807) is 38.3 Å². The average Bonchev–Trinajstić information content (AvgIpc) is 2.75. The first-order valence-electron chi connectivity index (χ1n) is 9.95. The molecule has 0 saturated heterocycles. The number of carbonyl (C=O) groups excluding carboxylic acids is 2. The molecular weight excluding hydrogens is 404 g/mol. The van der Waals surface area contributed by atoms with Crippen LogP contribution in [0.25, 0.3) is 0 Å². The van der Waals surface area contributed by atoms with E-state index in [0.29, 0.717) is 10.8 Å². The summed E-state index contributed by atoms with van der Waals surface area (Å²) in [7, 11) is 1.60. The molecule has 2 aromatic carbocycles. The van der Waals surface area contributed by atoms with Crippen LogP contribution < -0.4 is 14.8 Å². The molecule has 2 rings (SSSR count). The Morgan fingerprint density at radius 1 is 1.10 bits per heavy atom. The van der Waals surface area contributed by atoms with Crippen LogP contribution in [0.4, 0.5) is 0 Å². The van der Waals surface area contributed by atoms with E-state index >= 15 is 0 Å². The van der Waals surface area contributed by atoms with Gasteiger partial charge >= 0.3 is 0 Å². The maximum Gasteiger partial charge on any atom is 0.261 e. The average molecular weight is 433 g/mol. The van der Waals surface area contributed by atoms with Crippen LogP contribution in [0.15, 0.2) is 48.5 Å². The van der Waals surface area contributed by atoms with E-state index < -0.39 is 6.04 Å². The Morgan fingerprint density at radius 2 is 1.80 bits per heavy atom. The Kier molecular flexibility index (Phi) is 8.99. The molecule has 0 spiro atoms. The van der Waals surface area contributed by atoms with Gasteiger partial charge in [-0.25, -0.2) is 0 Å². The summed E-state index contributed by atoms with van der Waals surface area (Å²) in [4.78, 5) is 27.2. The lowest BCUT2D eigenvalue weighted by Crippen LogP contribution is -2.50. The largest absolute Gasteiger partial charge is 0.497 e. The predicted molar refractivity (Wildman–Crippen MR) is 118 cm³/mol. The molecule has 0 bridgehead atoms. The second-order valence-electron chi connectivity index (χ2n) is 7.11. The number of carbonyl (C=O) groups is 2. The highest BCUT2D eigenvalue weighted by Gasteiger charge is 2.27. The molecule has 1 N–H and O–H groups in total. The minimum Gasteiger partial charge on any atom is -0.497 e.